The molecule has 2 rings (SSSR count). The molecular formula is C12H15N3O2. The second-order valence-electron chi connectivity index (χ2n) is 4.04. The van der Waals surface area contributed by atoms with E-state index >= 15 is 0 Å². The maximum absolute atomic E-state index is 11.9. The molecule has 5 nitrogen and oxygen atoms in total. The highest BCUT2D eigenvalue weighted by atomic mass is 16.2. The van der Waals surface area contributed by atoms with E-state index in [1.54, 1.807) is 18.2 Å². The summed E-state index contributed by atoms with van der Waals surface area (Å²) in [6.45, 7) is 2.00. The summed E-state index contributed by atoms with van der Waals surface area (Å²) < 4.78 is 1.17. The number of carbonyl (C=O) groups is 1. The van der Waals surface area contributed by atoms with Crippen LogP contribution in [0, 0.1) is 0 Å². The van der Waals surface area contributed by atoms with Crippen LogP contribution < -0.4 is 11.4 Å². The predicted molar refractivity (Wildman–Crippen MR) is 67.1 cm³/mol. The van der Waals surface area contributed by atoms with Gasteiger partial charge in [-0.1, -0.05) is 13.3 Å². The fourth-order valence-electron chi connectivity index (χ4n) is 1.81. The summed E-state index contributed by atoms with van der Waals surface area (Å²) in [6.07, 6.45) is 2.07. The Bertz CT molecular complexity index is 610. The van der Waals surface area contributed by atoms with Gasteiger partial charge >= 0.3 is 5.69 Å². The van der Waals surface area contributed by atoms with Gasteiger partial charge in [0, 0.05) is 12.1 Å². The lowest BCUT2D eigenvalue weighted by molar-refractivity contribution is 0.0901. The van der Waals surface area contributed by atoms with Gasteiger partial charge in [0.15, 0.2) is 0 Å². The van der Waals surface area contributed by atoms with Crippen molar-refractivity contribution in [3.05, 3.63) is 28.7 Å². The molecular weight excluding hydrogens is 218 g/mol. The smallest absolute Gasteiger partial charge is 0.333 e. The van der Waals surface area contributed by atoms with Crippen LogP contribution in [0.15, 0.2) is 23.0 Å². The minimum atomic E-state index is -0.397. The lowest BCUT2D eigenvalue weighted by Crippen LogP contribution is -2.23. The molecule has 0 unspecified atom stereocenters. The Balaban J connectivity index is 2.52. The van der Waals surface area contributed by atoms with Gasteiger partial charge in [0.1, 0.15) is 0 Å². The third-order valence-corrected chi connectivity index (χ3v) is 2.70. The first-order valence-corrected chi connectivity index (χ1v) is 5.67. The number of nitrogens with zero attached hydrogens (tertiary/aromatic N) is 1. The van der Waals surface area contributed by atoms with E-state index in [4.69, 9.17) is 5.73 Å². The zero-order chi connectivity index (χ0) is 12.4. The number of benzene rings is 1. The van der Waals surface area contributed by atoms with Crippen LogP contribution in [0.5, 0.6) is 0 Å². The Morgan fingerprint density at radius 3 is 2.94 bits per heavy atom. The van der Waals surface area contributed by atoms with E-state index in [1.165, 1.54) is 4.57 Å². The van der Waals surface area contributed by atoms with Crippen LogP contribution in [-0.2, 0) is 0 Å². The number of nitrogens with two attached hydrogens (primary N) is 1. The largest absolute Gasteiger partial charge is 0.399 e. The molecule has 1 aromatic heterocycles. The molecule has 1 aromatic carbocycles. The van der Waals surface area contributed by atoms with Gasteiger partial charge in [-0.2, -0.15) is 0 Å². The number of fused-ring (bicyclic) bond motifs is 1. The van der Waals surface area contributed by atoms with Crippen molar-refractivity contribution in [2.75, 3.05) is 5.73 Å². The SMILES string of the molecule is CCCCC(=O)n1c(=O)[nH]c2ccc(N)cc21. The van der Waals surface area contributed by atoms with Gasteiger partial charge in [0.25, 0.3) is 0 Å². The van der Waals surface area contributed by atoms with Crippen LogP contribution in [0.2, 0.25) is 0 Å². The summed E-state index contributed by atoms with van der Waals surface area (Å²) in [4.78, 5) is 26.3. The number of imidazole rings is 1. The van der Waals surface area contributed by atoms with Crippen LogP contribution >= 0.6 is 0 Å². The number of unbranched alkanes of at least 4 members (excludes halogenated alkanes) is 1. The van der Waals surface area contributed by atoms with Crippen LogP contribution in [0.4, 0.5) is 5.69 Å². The summed E-state index contributed by atoms with van der Waals surface area (Å²) in [7, 11) is 0. The highest BCUT2D eigenvalue weighted by Crippen LogP contribution is 2.14. The lowest BCUT2D eigenvalue weighted by atomic mass is 10.2. The van der Waals surface area contributed by atoms with Crippen LogP contribution in [0.3, 0.4) is 0 Å². The van der Waals surface area contributed by atoms with Crippen molar-refractivity contribution in [3.63, 3.8) is 0 Å². The molecule has 0 fully saturated rings. The molecule has 0 saturated heterocycles. The first kappa shape index (κ1) is 11.4. The van der Waals surface area contributed by atoms with Crippen molar-refractivity contribution in [2.45, 2.75) is 26.2 Å². The second kappa shape index (κ2) is 4.45. The molecule has 1 heterocycles. The van der Waals surface area contributed by atoms with Crippen molar-refractivity contribution < 1.29 is 4.79 Å². The van der Waals surface area contributed by atoms with E-state index in [2.05, 4.69) is 4.98 Å². The molecule has 90 valence electrons. The molecule has 0 aliphatic heterocycles. The van der Waals surface area contributed by atoms with Crippen molar-refractivity contribution in [1.82, 2.24) is 9.55 Å². The van der Waals surface area contributed by atoms with Gasteiger partial charge in [-0.15, -0.1) is 0 Å². The number of nitrogen functional groups attached to an aromatic ring is 1. The number of nitrogens with one attached hydrogen (secondary N) is 1. The quantitative estimate of drug-likeness (QED) is 0.792. The number of carbonyl (C=O) groups excluding carboxylic acids is 1. The van der Waals surface area contributed by atoms with Crippen LogP contribution in [-0.4, -0.2) is 15.5 Å². The van der Waals surface area contributed by atoms with Crippen LogP contribution in [0.1, 0.15) is 31.0 Å². The Hall–Kier alpha value is -2.04. The fourth-order valence-corrected chi connectivity index (χ4v) is 1.81. The number of aromatic amines is 1. The summed E-state index contributed by atoms with van der Waals surface area (Å²) in [6, 6.07) is 5.03. The zero-order valence-corrected chi connectivity index (χ0v) is 9.69. The number of aromatic nitrogens is 2. The molecule has 2 aromatic rings. The third-order valence-electron chi connectivity index (χ3n) is 2.70. The first-order valence-electron chi connectivity index (χ1n) is 5.67. The molecule has 0 aliphatic carbocycles. The molecule has 0 atom stereocenters. The summed E-state index contributed by atoms with van der Waals surface area (Å²) in [5.41, 5.74) is 6.99. The van der Waals surface area contributed by atoms with E-state index in [0.717, 1.165) is 12.8 Å². The Kier molecular flexibility index (Phi) is 2.99. The topological polar surface area (TPSA) is 80.9 Å². The summed E-state index contributed by atoms with van der Waals surface area (Å²) >= 11 is 0. The molecule has 17 heavy (non-hydrogen) atoms. The average molecular weight is 233 g/mol. The Morgan fingerprint density at radius 2 is 2.24 bits per heavy atom. The fraction of sp³-hybridized carbons (Fsp3) is 0.333. The monoisotopic (exact) mass is 233 g/mol. The predicted octanol–water partition coefficient (Wildman–Crippen LogP) is 1.74. The zero-order valence-electron chi connectivity index (χ0n) is 9.69. The number of hydrogen-bond donors (Lipinski definition) is 2. The van der Waals surface area contributed by atoms with Crippen LogP contribution in [0.25, 0.3) is 11.0 Å². The van der Waals surface area contributed by atoms with Gasteiger partial charge in [0.05, 0.1) is 11.0 Å². The van der Waals surface area contributed by atoms with E-state index < -0.39 is 5.69 Å². The number of rotatable bonds is 3. The van der Waals surface area contributed by atoms with E-state index in [1.807, 2.05) is 6.92 Å². The van der Waals surface area contributed by atoms with Gasteiger partial charge < -0.3 is 10.7 Å². The number of hydrogen-bond acceptors (Lipinski definition) is 3. The van der Waals surface area contributed by atoms with E-state index in [-0.39, 0.29) is 5.91 Å². The van der Waals surface area contributed by atoms with Gasteiger partial charge in [-0.25, -0.2) is 9.36 Å². The minimum absolute atomic E-state index is 0.186. The normalized spacial score (nSPS) is 10.9. The molecule has 0 saturated carbocycles. The van der Waals surface area contributed by atoms with E-state index in [0.29, 0.717) is 23.1 Å². The van der Waals surface area contributed by atoms with Gasteiger partial charge in [0.2, 0.25) is 5.91 Å². The highest BCUT2D eigenvalue weighted by molar-refractivity contribution is 5.91. The molecule has 5 heteroatoms. The first-order chi connectivity index (χ1) is 8.13. The summed E-state index contributed by atoms with van der Waals surface area (Å²) in [5.74, 6) is -0.186. The maximum Gasteiger partial charge on any atom is 0.333 e. The molecule has 3 N–H and O–H groups in total. The number of H-pyrrole nitrogens is 1. The Morgan fingerprint density at radius 1 is 1.47 bits per heavy atom. The highest BCUT2D eigenvalue weighted by Gasteiger charge is 2.13. The molecule has 0 aliphatic rings. The Labute approximate surface area is 98.2 Å². The van der Waals surface area contributed by atoms with Gasteiger partial charge in [-0.3, -0.25) is 4.79 Å². The minimum Gasteiger partial charge on any atom is -0.399 e. The maximum atomic E-state index is 11.9. The lowest BCUT2D eigenvalue weighted by Gasteiger charge is -2.01. The van der Waals surface area contributed by atoms with Crippen molar-refractivity contribution in [1.29, 1.82) is 0 Å². The van der Waals surface area contributed by atoms with E-state index in [9.17, 15) is 9.59 Å². The second-order valence-corrected chi connectivity index (χ2v) is 4.04. The average Bonchev–Trinajstić information content (AvgIpc) is 2.61. The molecule has 0 spiro atoms. The number of anilines is 1. The molecule has 0 radical (unpaired) electrons. The standard InChI is InChI=1S/C12H15N3O2/c1-2-3-4-11(16)15-10-7-8(13)5-6-9(10)14-12(15)17/h5-7H,2-4,13H2,1H3,(H,14,17). The van der Waals surface area contributed by atoms with Crippen molar-refractivity contribution in [2.24, 2.45) is 0 Å². The van der Waals surface area contributed by atoms with Gasteiger partial charge in [-0.05, 0) is 24.6 Å². The van der Waals surface area contributed by atoms with Crippen molar-refractivity contribution >= 4 is 22.6 Å². The molecule has 0 amide bonds. The summed E-state index contributed by atoms with van der Waals surface area (Å²) in [5, 5.41) is 0. The third kappa shape index (κ3) is 2.08. The molecule has 0 bridgehead atoms. The van der Waals surface area contributed by atoms with Crippen molar-refractivity contribution in [3.8, 4) is 0 Å².